The summed E-state index contributed by atoms with van der Waals surface area (Å²) < 4.78 is 27.8. The van der Waals surface area contributed by atoms with Crippen LogP contribution in [-0.4, -0.2) is 29.6 Å². The van der Waals surface area contributed by atoms with Crippen molar-refractivity contribution in [1.82, 2.24) is 5.06 Å². The molecule has 0 radical (unpaired) electrons. The van der Waals surface area contributed by atoms with E-state index in [0.717, 1.165) is 12.1 Å². The van der Waals surface area contributed by atoms with E-state index in [1.54, 1.807) is 0 Å². The first-order valence-electron chi connectivity index (χ1n) is 12.2. The molecule has 2 unspecified atom stereocenters. The Bertz CT molecular complexity index is 910. The van der Waals surface area contributed by atoms with Crippen molar-refractivity contribution in [3.63, 3.8) is 0 Å². The van der Waals surface area contributed by atoms with Gasteiger partial charge in [-0.2, -0.15) is 5.06 Å². The summed E-state index contributed by atoms with van der Waals surface area (Å²) in [5, 5.41) is 1.84. The molecule has 0 spiro atoms. The number of pyridine rings is 1. The van der Waals surface area contributed by atoms with Crippen LogP contribution in [0.4, 0.5) is 0 Å². The molecule has 0 N–H and O–H groups in total. The van der Waals surface area contributed by atoms with E-state index in [9.17, 15) is 4.57 Å². The van der Waals surface area contributed by atoms with Gasteiger partial charge in [-0.05, 0) is 52.5 Å². The molecule has 0 aliphatic rings. The van der Waals surface area contributed by atoms with E-state index >= 15 is 0 Å². The number of hydrogen-bond donors (Lipinski definition) is 0. The molecule has 0 amide bonds. The summed E-state index contributed by atoms with van der Waals surface area (Å²) in [4.78, 5) is 6.58. The van der Waals surface area contributed by atoms with Gasteiger partial charge in [-0.25, -0.2) is 4.57 Å². The molecule has 2 rings (SSSR count). The SMILES string of the molecule is CCOP(=O)(OCC)C(N(OC(C)c1cc[n+](Cc2ccccc2)cc1)C(C)(C)C)C(C)(C)C. The Balaban J connectivity index is 2.33. The molecule has 0 aliphatic carbocycles. The van der Waals surface area contributed by atoms with E-state index in [2.05, 4.69) is 74.1 Å². The van der Waals surface area contributed by atoms with Crippen LogP contribution < -0.4 is 4.57 Å². The van der Waals surface area contributed by atoms with E-state index in [-0.39, 0.29) is 6.10 Å². The summed E-state index contributed by atoms with van der Waals surface area (Å²) >= 11 is 0. The van der Waals surface area contributed by atoms with Crippen molar-refractivity contribution >= 4 is 7.60 Å². The molecule has 1 aromatic carbocycles. The molecular weight excluding hydrogens is 447 g/mol. The number of hydrogen-bond acceptors (Lipinski definition) is 5. The third-order valence-electron chi connectivity index (χ3n) is 5.44. The Labute approximate surface area is 206 Å². The quantitative estimate of drug-likeness (QED) is 0.198. The Morgan fingerprint density at radius 2 is 1.44 bits per heavy atom. The summed E-state index contributed by atoms with van der Waals surface area (Å²) in [5.74, 6) is -0.589. The van der Waals surface area contributed by atoms with Crippen LogP contribution in [0, 0.1) is 5.41 Å². The second-order valence-electron chi connectivity index (χ2n) is 10.6. The average Bonchev–Trinajstić information content (AvgIpc) is 2.73. The number of nitrogens with zero attached hydrogens (tertiary/aromatic N) is 2. The molecule has 1 heterocycles. The highest BCUT2D eigenvalue weighted by molar-refractivity contribution is 7.54. The first kappa shape index (κ1) is 28.7. The highest BCUT2D eigenvalue weighted by atomic mass is 31.2. The van der Waals surface area contributed by atoms with Gasteiger partial charge in [0.05, 0.1) is 13.2 Å². The number of aromatic nitrogens is 1. The van der Waals surface area contributed by atoms with Gasteiger partial charge < -0.3 is 9.05 Å². The highest BCUT2D eigenvalue weighted by Gasteiger charge is 2.51. The van der Waals surface area contributed by atoms with Crippen molar-refractivity contribution < 1.29 is 23.0 Å². The summed E-state index contributed by atoms with van der Waals surface area (Å²) in [5.41, 5.74) is 1.41. The Morgan fingerprint density at radius 1 is 0.912 bits per heavy atom. The lowest BCUT2D eigenvalue weighted by atomic mass is 9.94. The maximum atomic E-state index is 14.0. The van der Waals surface area contributed by atoms with Gasteiger partial charge in [-0.15, -0.1) is 0 Å². The standard InChI is InChI=1S/C27H44N2O4P/c1-10-31-34(30,32-11-2)25(26(4,5)6)29(27(7,8)9)33-22(3)24-17-19-28(20-18-24)21-23-15-13-12-14-16-23/h12-20,22,25H,10-11,21H2,1-9H3/q+1. The van der Waals surface area contributed by atoms with Crippen LogP contribution in [0.3, 0.4) is 0 Å². The van der Waals surface area contributed by atoms with Crippen LogP contribution in [0.1, 0.15) is 79.5 Å². The van der Waals surface area contributed by atoms with Gasteiger partial charge in [0.15, 0.2) is 18.9 Å². The second kappa shape index (κ2) is 11.9. The van der Waals surface area contributed by atoms with Crippen molar-refractivity contribution in [2.45, 2.75) is 86.3 Å². The largest absolute Gasteiger partial charge is 0.350 e. The molecule has 0 saturated carbocycles. The van der Waals surface area contributed by atoms with E-state index in [1.807, 2.05) is 52.7 Å². The lowest BCUT2D eigenvalue weighted by Gasteiger charge is -2.48. The smallest absolute Gasteiger partial charge is 0.308 e. The second-order valence-corrected chi connectivity index (χ2v) is 12.7. The van der Waals surface area contributed by atoms with Crippen molar-refractivity contribution in [3.05, 3.63) is 66.0 Å². The Hall–Kier alpha value is -1.56. The summed E-state index contributed by atoms with van der Waals surface area (Å²) in [7, 11) is -3.50. The maximum absolute atomic E-state index is 14.0. The minimum atomic E-state index is -3.50. The fraction of sp³-hybridized carbons (Fsp3) is 0.593. The van der Waals surface area contributed by atoms with Crippen molar-refractivity contribution in [3.8, 4) is 0 Å². The highest BCUT2D eigenvalue weighted by Crippen LogP contribution is 2.61. The van der Waals surface area contributed by atoms with Crippen molar-refractivity contribution in [1.29, 1.82) is 0 Å². The van der Waals surface area contributed by atoms with Gasteiger partial charge >= 0.3 is 7.60 Å². The fourth-order valence-corrected chi connectivity index (χ4v) is 6.63. The lowest BCUT2D eigenvalue weighted by molar-refractivity contribution is -0.688. The zero-order valence-corrected chi connectivity index (χ0v) is 23.3. The molecule has 2 atom stereocenters. The van der Waals surface area contributed by atoms with E-state index in [4.69, 9.17) is 13.9 Å². The average molecular weight is 492 g/mol. The van der Waals surface area contributed by atoms with Gasteiger partial charge in [0.2, 0.25) is 0 Å². The van der Waals surface area contributed by atoms with Crippen LogP contribution in [0.15, 0.2) is 54.9 Å². The van der Waals surface area contributed by atoms with E-state index in [0.29, 0.717) is 13.2 Å². The summed E-state index contributed by atoms with van der Waals surface area (Å²) in [6.07, 6.45) is 3.87. The molecule has 1 aromatic heterocycles. The maximum Gasteiger partial charge on any atom is 0.350 e. The molecule has 2 aromatic rings. The lowest BCUT2D eigenvalue weighted by Crippen LogP contribution is -2.53. The topological polar surface area (TPSA) is 51.9 Å². The van der Waals surface area contributed by atoms with Gasteiger partial charge in [0.1, 0.15) is 11.9 Å². The van der Waals surface area contributed by atoms with Gasteiger partial charge in [0, 0.05) is 23.2 Å². The number of benzene rings is 1. The number of hydroxylamine groups is 2. The Morgan fingerprint density at radius 3 is 1.88 bits per heavy atom. The zero-order chi connectivity index (χ0) is 25.6. The summed E-state index contributed by atoms with van der Waals surface area (Å²) in [6, 6.07) is 14.5. The molecule has 7 heteroatoms. The van der Waals surface area contributed by atoms with Crippen LogP contribution >= 0.6 is 7.60 Å². The van der Waals surface area contributed by atoms with Crippen LogP contribution in [0.2, 0.25) is 0 Å². The van der Waals surface area contributed by atoms with Crippen molar-refractivity contribution in [2.75, 3.05) is 13.2 Å². The predicted molar refractivity (Wildman–Crippen MR) is 137 cm³/mol. The Kier molecular flexibility index (Phi) is 10.1. The van der Waals surface area contributed by atoms with Crippen LogP contribution in [-0.2, 0) is 25.0 Å². The third kappa shape index (κ3) is 7.73. The number of rotatable bonds is 11. The normalized spacial score (nSPS) is 14.9. The minimum absolute atomic E-state index is 0.257. The summed E-state index contributed by atoms with van der Waals surface area (Å²) in [6.45, 7) is 19.4. The first-order chi connectivity index (χ1) is 15.8. The molecule has 190 valence electrons. The minimum Gasteiger partial charge on any atom is -0.308 e. The molecule has 0 bridgehead atoms. The van der Waals surface area contributed by atoms with Gasteiger partial charge in [-0.1, -0.05) is 51.1 Å². The molecule has 34 heavy (non-hydrogen) atoms. The van der Waals surface area contributed by atoms with Gasteiger partial charge in [-0.3, -0.25) is 9.40 Å². The molecular formula is C27H44N2O4P+. The van der Waals surface area contributed by atoms with Crippen molar-refractivity contribution in [2.24, 2.45) is 5.41 Å². The van der Waals surface area contributed by atoms with E-state index in [1.165, 1.54) is 5.56 Å². The monoisotopic (exact) mass is 491 g/mol. The van der Waals surface area contributed by atoms with E-state index < -0.39 is 24.3 Å². The first-order valence-corrected chi connectivity index (χ1v) is 13.8. The third-order valence-corrected chi connectivity index (χ3v) is 8.26. The van der Waals surface area contributed by atoms with Crippen LogP contribution in [0.25, 0.3) is 0 Å². The van der Waals surface area contributed by atoms with Crippen LogP contribution in [0.5, 0.6) is 0 Å². The fourth-order valence-electron chi connectivity index (χ4n) is 3.95. The van der Waals surface area contributed by atoms with Gasteiger partial charge in [0.25, 0.3) is 0 Å². The molecule has 0 aliphatic heterocycles. The zero-order valence-electron chi connectivity index (χ0n) is 22.4. The molecule has 0 saturated heterocycles. The molecule has 6 nitrogen and oxygen atoms in total. The molecule has 0 fully saturated rings. The predicted octanol–water partition coefficient (Wildman–Crippen LogP) is 6.75.